The molecule has 17 heteroatoms. The number of alkyl halides is 1. The zero-order valence-electron chi connectivity index (χ0n) is 39.3. The van der Waals surface area contributed by atoms with Crippen LogP contribution < -0.4 is 47.9 Å². The lowest BCUT2D eigenvalue weighted by Gasteiger charge is -2.36. The summed E-state index contributed by atoms with van der Waals surface area (Å²) < 4.78 is 16.9. The molecule has 0 aromatic heterocycles. The summed E-state index contributed by atoms with van der Waals surface area (Å²) in [6.07, 6.45) is 7.01. The van der Waals surface area contributed by atoms with Crippen LogP contribution in [0, 0.1) is 5.41 Å². The number of hydrazine groups is 1. The van der Waals surface area contributed by atoms with Crippen molar-refractivity contribution in [1.82, 2.24) is 21.1 Å². The predicted octanol–water partition coefficient (Wildman–Crippen LogP) is 7.26. The number of anilines is 5. The molecule has 3 aromatic carbocycles. The molecule has 15 nitrogen and oxygen atoms in total. The number of piperazine rings is 1. The summed E-state index contributed by atoms with van der Waals surface area (Å²) in [7, 11) is 1.74. The van der Waals surface area contributed by atoms with Crippen molar-refractivity contribution in [3.8, 4) is 5.75 Å². The number of para-hydroxylation sites is 2. The Morgan fingerprint density at radius 2 is 1.48 bits per heavy atom. The highest BCUT2D eigenvalue weighted by molar-refractivity contribution is 7.81. The average Bonchev–Trinajstić information content (AvgIpc) is 3.29. The molecule has 0 bridgehead atoms. The fourth-order valence-corrected chi connectivity index (χ4v) is 7.06. The van der Waals surface area contributed by atoms with Gasteiger partial charge in [0.2, 0.25) is 17.7 Å². The highest BCUT2D eigenvalue weighted by Gasteiger charge is 2.29. The van der Waals surface area contributed by atoms with E-state index in [1.807, 2.05) is 57.2 Å². The van der Waals surface area contributed by atoms with E-state index in [-0.39, 0.29) is 56.5 Å². The van der Waals surface area contributed by atoms with Gasteiger partial charge >= 0.3 is 0 Å². The van der Waals surface area contributed by atoms with E-state index in [9.17, 15) is 14.4 Å². The van der Waals surface area contributed by atoms with E-state index in [0.717, 1.165) is 75.5 Å². The molecule has 0 saturated carbocycles. The molecule has 0 radical (unpaired) electrons. The minimum atomic E-state index is -0.943. The van der Waals surface area contributed by atoms with Crippen molar-refractivity contribution in [2.24, 2.45) is 5.41 Å². The molecule has 3 aromatic rings. The Bertz CT molecular complexity index is 1820. The second-order valence-corrected chi connectivity index (χ2v) is 18.5. The standard InChI is InChI=1S/C27H46ClN5O5S.C21H30N4O/c1-20(8-6-5-7-16-28)37-19-31-33-24(35)14-13-23(34)30-18-27(4,39)38-17-15-26(2,3)25(36)32-22-11-9-21(29)10-12-22;1-26-21-7-3-2-6-20(21)25-16-14-24(15-17-25)13-5-4-12-23-19-10-8-18(22)9-11-19/h9-12,20,31,39H,5-8,13-19,29H2,1-4H3,(H,30,34)(H,32,36)(H,33,35);2-3,6-11,23H,4-5,12-17,22H2,1H3. The summed E-state index contributed by atoms with van der Waals surface area (Å²) in [4.78, 5) is 40.9. The van der Waals surface area contributed by atoms with Crippen LogP contribution in [-0.4, -0.2) is 106 Å². The third kappa shape index (κ3) is 23.0. The fourth-order valence-electron chi connectivity index (χ4n) is 6.70. The number of nitrogens with two attached hydrogens (primary N) is 2. The molecule has 2 unspecified atom stereocenters. The number of nitrogen functional groups attached to an aromatic ring is 2. The molecule has 1 aliphatic rings. The van der Waals surface area contributed by atoms with Crippen LogP contribution in [0.15, 0.2) is 72.8 Å². The van der Waals surface area contributed by atoms with Crippen LogP contribution in [0.2, 0.25) is 0 Å². The first-order valence-electron chi connectivity index (χ1n) is 22.8. The second kappa shape index (κ2) is 30.0. The molecular weight excluding hydrogens is 866 g/mol. The number of hydrogen-bond acceptors (Lipinski definition) is 13. The Morgan fingerprint density at radius 3 is 2.14 bits per heavy atom. The number of nitrogens with one attached hydrogen (secondary N) is 5. The fraction of sp³-hybridized carbons (Fsp3) is 0.562. The summed E-state index contributed by atoms with van der Waals surface area (Å²) in [5.41, 5.74) is 20.4. The van der Waals surface area contributed by atoms with Gasteiger partial charge in [0.05, 0.1) is 25.4 Å². The third-order valence-corrected chi connectivity index (χ3v) is 11.5. The quantitative estimate of drug-likeness (QED) is 0.00908. The highest BCUT2D eigenvalue weighted by Crippen LogP contribution is 2.29. The number of benzene rings is 3. The van der Waals surface area contributed by atoms with Gasteiger partial charge in [-0.25, -0.2) is 5.43 Å². The van der Waals surface area contributed by atoms with Crippen molar-refractivity contribution in [3.63, 3.8) is 0 Å². The smallest absolute Gasteiger partial charge is 0.234 e. The predicted molar refractivity (Wildman–Crippen MR) is 270 cm³/mol. The molecule has 1 fully saturated rings. The third-order valence-electron chi connectivity index (χ3n) is 11.0. The van der Waals surface area contributed by atoms with Crippen molar-refractivity contribution in [2.45, 2.75) is 96.5 Å². The van der Waals surface area contributed by atoms with Crippen molar-refractivity contribution in [3.05, 3.63) is 72.8 Å². The first-order chi connectivity index (χ1) is 31.1. The number of carbonyl (C=O) groups excluding carboxylic acids is 3. The number of carbonyl (C=O) groups is 3. The lowest BCUT2D eigenvalue weighted by atomic mass is 9.88. The monoisotopic (exact) mass is 942 g/mol. The van der Waals surface area contributed by atoms with E-state index in [0.29, 0.717) is 23.7 Å². The van der Waals surface area contributed by atoms with Crippen LogP contribution in [0.4, 0.5) is 28.4 Å². The molecule has 0 spiro atoms. The van der Waals surface area contributed by atoms with Crippen LogP contribution in [0.5, 0.6) is 5.75 Å². The summed E-state index contributed by atoms with van der Waals surface area (Å²) in [5, 5.41) is 9.07. The molecule has 1 heterocycles. The number of nitrogens with zero attached hydrogens (tertiary/aromatic N) is 2. The number of methoxy groups -OCH3 is 1. The molecule has 3 amide bonds. The topological polar surface area (TPSA) is 198 Å². The van der Waals surface area contributed by atoms with Gasteiger partial charge in [-0.3, -0.25) is 24.7 Å². The van der Waals surface area contributed by atoms with Crippen LogP contribution >= 0.6 is 24.2 Å². The van der Waals surface area contributed by atoms with Gasteiger partial charge in [0.15, 0.2) is 0 Å². The van der Waals surface area contributed by atoms with E-state index in [1.54, 1.807) is 38.3 Å². The lowest BCUT2D eigenvalue weighted by Crippen LogP contribution is -2.46. The normalized spacial score (nSPS) is 14.3. The van der Waals surface area contributed by atoms with Crippen molar-refractivity contribution < 1.29 is 28.6 Å². The molecular formula is C48H76ClN9O6S. The number of amides is 3. The molecule has 2 atom stereocenters. The van der Waals surface area contributed by atoms with E-state index in [4.69, 9.17) is 37.3 Å². The van der Waals surface area contributed by atoms with Gasteiger partial charge in [-0.15, -0.1) is 24.2 Å². The minimum Gasteiger partial charge on any atom is -0.495 e. The molecule has 65 heavy (non-hydrogen) atoms. The second-order valence-electron chi connectivity index (χ2n) is 17.2. The van der Waals surface area contributed by atoms with Gasteiger partial charge in [-0.2, -0.15) is 0 Å². The largest absolute Gasteiger partial charge is 0.495 e. The number of halogens is 1. The molecule has 9 N–H and O–H groups in total. The van der Waals surface area contributed by atoms with Gasteiger partial charge < -0.3 is 46.5 Å². The van der Waals surface area contributed by atoms with Crippen molar-refractivity contribution in [1.29, 1.82) is 0 Å². The van der Waals surface area contributed by atoms with E-state index in [2.05, 4.69) is 61.4 Å². The maximum atomic E-state index is 12.7. The van der Waals surface area contributed by atoms with Crippen LogP contribution in [0.1, 0.15) is 85.5 Å². The molecule has 362 valence electrons. The molecule has 0 aliphatic carbocycles. The van der Waals surface area contributed by atoms with Gasteiger partial charge in [0, 0.05) is 86.2 Å². The van der Waals surface area contributed by atoms with E-state index in [1.165, 1.54) is 25.1 Å². The Labute approximate surface area is 398 Å². The van der Waals surface area contributed by atoms with E-state index >= 15 is 0 Å². The Kier molecular flexibility index (Phi) is 25.3. The molecule has 1 aliphatic heterocycles. The minimum absolute atomic E-state index is 0.0214. The van der Waals surface area contributed by atoms with Gasteiger partial charge in [-0.05, 0) is 113 Å². The first kappa shape index (κ1) is 54.9. The zero-order chi connectivity index (χ0) is 47.5. The Hall–Kier alpha value is -4.45. The summed E-state index contributed by atoms with van der Waals surface area (Å²) >= 11 is 10.2. The van der Waals surface area contributed by atoms with Gasteiger partial charge in [-0.1, -0.05) is 38.8 Å². The number of rotatable bonds is 28. The van der Waals surface area contributed by atoms with Gasteiger partial charge in [0.1, 0.15) is 17.4 Å². The highest BCUT2D eigenvalue weighted by atomic mass is 35.5. The van der Waals surface area contributed by atoms with E-state index < -0.39 is 10.3 Å². The maximum Gasteiger partial charge on any atom is 0.234 e. The summed E-state index contributed by atoms with van der Waals surface area (Å²) in [6.45, 7) is 14.5. The lowest BCUT2D eigenvalue weighted by molar-refractivity contribution is -0.128. The molecule has 1 saturated heterocycles. The van der Waals surface area contributed by atoms with Crippen LogP contribution in [-0.2, 0) is 23.9 Å². The average molecular weight is 943 g/mol. The van der Waals surface area contributed by atoms with Crippen molar-refractivity contribution in [2.75, 3.05) is 99.1 Å². The Morgan fingerprint density at radius 1 is 0.831 bits per heavy atom. The Balaban J connectivity index is 0.000000372. The number of hydrogen-bond donors (Lipinski definition) is 8. The first-order valence-corrected chi connectivity index (χ1v) is 23.8. The summed E-state index contributed by atoms with van der Waals surface area (Å²) in [5.74, 6) is 0.897. The summed E-state index contributed by atoms with van der Waals surface area (Å²) in [6, 6.07) is 23.2. The maximum absolute atomic E-state index is 12.7. The SMILES string of the molecule is CC(CCCCCCl)OCNNC(=O)CCC(=O)NCC(C)(S)OCCC(C)(C)C(=O)Nc1ccc(N)cc1.COc1ccccc1N1CCN(CCCCNc2ccc(N)cc2)CC1. The van der Waals surface area contributed by atoms with Crippen LogP contribution in [0.25, 0.3) is 0 Å². The van der Waals surface area contributed by atoms with Gasteiger partial charge in [0.25, 0.3) is 0 Å². The molecule has 4 rings (SSSR count). The number of unbranched alkanes of at least 4 members (excludes halogenated alkanes) is 3. The number of thiol groups is 1. The number of ether oxygens (including phenoxy) is 3. The zero-order valence-corrected chi connectivity index (χ0v) is 40.9. The van der Waals surface area contributed by atoms with Crippen molar-refractivity contribution >= 4 is 70.4 Å². The van der Waals surface area contributed by atoms with Crippen LogP contribution in [0.3, 0.4) is 0 Å².